The highest BCUT2D eigenvalue weighted by Crippen LogP contribution is 2.39. The van der Waals surface area contributed by atoms with Gasteiger partial charge in [0.15, 0.2) is 0 Å². The molecule has 6 aromatic heterocycles. The van der Waals surface area contributed by atoms with Crippen LogP contribution in [0.25, 0.3) is 75.9 Å². The molecule has 0 amide bonds. The molecular formula is C45H28N6S. The van der Waals surface area contributed by atoms with Crippen molar-refractivity contribution in [2.75, 3.05) is 4.90 Å². The van der Waals surface area contributed by atoms with Crippen molar-refractivity contribution >= 4 is 70.5 Å². The molecule has 0 atom stereocenters. The molecule has 10 rings (SSSR count). The van der Waals surface area contributed by atoms with E-state index in [0.717, 1.165) is 77.5 Å². The maximum atomic E-state index is 5.07. The molecule has 0 aliphatic heterocycles. The standard InChI is InChI=1S/C45H28N6S/c1-2-8-44-37(7-1)38-21-22-39(50-45(38)52-44)29-9-15-34(16-10-29)51(35-17-11-30(12-18-35)40-25-42-32(27-48-40)5-3-23-46-42)36-19-13-31(14-20-36)41-26-43-33(28-49-41)6-4-24-47-43/h1-28H. The van der Waals surface area contributed by atoms with Gasteiger partial charge in [0, 0.05) is 84.8 Å². The van der Waals surface area contributed by atoms with Gasteiger partial charge in [0.2, 0.25) is 0 Å². The smallest absolute Gasteiger partial charge is 0.125 e. The van der Waals surface area contributed by atoms with Gasteiger partial charge in [-0.2, -0.15) is 0 Å². The van der Waals surface area contributed by atoms with E-state index in [9.17, 15) is 0 Å². The highest BCUT2D eigenvalue weighted by molar-refractivity contribution is 7.25. The van der Waals surface area contributed by atoms with Crippen LogP contribution in [-0.2, 0) is 0 Å². The zero-order chi connectivity index (χ0) is 34.4. The summed E-state index contributed by atoms with van der Waals surface area (Å²) in [6.45, 7) is 0. The maximum absolute atomic E-state index is 5.07. The van der Waals surface area contributed by atoms with E-state index in [1.54, 1.807) is 11.3 Å². The van der Waals surface area contributed by atoms with Crippen LogP contribution in [0.2, 0.25) is 0 Å². The Morgan fingerprint density at radius 2 is 0.942 bits per heavy atom. The summed E-state index contributed by atoms with van der Waals surface area (Å²) in [5.41, 5.74) is 10.8. The van der Waals surface area contributed by atoms with Crippen molar-refractivity contribution in [3.63, 3.8) is 0 Å². The van der Waals surface area contributed by atoms with E-state index in [2.05, 4.69) is 124 Å². The number of hydrogen-bond acceptors (Lipinski definition) is 7. The highest BCUT2D eigenvalue weighted by Gasteiger charge is 2.15. The van der Waals surface area contributed by atoms with E-state index >= 15 is 0 Å². The van der Waals surface area contributed by atoms with Crippen molar-refractivity contribution in [1.82, 2.24) is 24.9 Å². The van der Waals surface area contributed by atoms with Crippen molar-refractivity contribution in [3.05, 3.63) is 170 Å². The van der Waals surface area contributed by atoms with Gasteiger partial charge in [-0.05, 0) is 91.0 Å². The topological polar surface area (TPSA) is 67.7 Å². The maximum Gasteiger partial charge on any atom is 0.125 e. The molecule has 52 heavy (non-hydrogen) atoms. The third-order valence-electron chi connectivity index (χ3n) is 9.48. The van der Waals surface area contributed by atoms with E-state index in [-0.39, 0.29) is 0 Å². The molecule has 0 saturated carbocycles. The lowest BCUT2D eigenvalue weighted by Gasteiger charge is -2.26. The third-order valence-corrected chi connectivity index (χ3v) is 10.6. The van der Waals surface area contributed by atoms with Crippen LogP contribution in [0, 0.1) is 0 Å². The summed E-state index contributed by atoms with van der Waals surface area (Å²) < 4.78 is 1.26. The number of anilines is 3. The first kappa shape index (κ1) is 30.0. The van der Waals surface area contributed by atoms with Crippen LogP contribution in [0.1, 0.15) is 0 Å². The SMILES string of the molecule is c1cnc2cc(-c3ccc(N(c4ccc(-c5cc6ncccc6cn5)cc4)c4ccc(-c5ccc6c(n5)sc5ccccc56)cc4)cc3)ncc2c1. The molecule has 0 bridgehead atoms. The zero-order valence-electron chi connectivity index (χ0n) is 27.8. The highest BCUT2D eigenvalue weighted by atomic mass is 32.1. The Hall–Kier alpha value is -6.83. The van der Waals surface area contributed by atoms with Gasteiger partial charge in [0.1, 0.15) is 4.83 Å². The van der Waals surface area contributed by atoms with E-state index in [4.69, 9.17) is 15.0 Å². The van der Waals surface area contributed by atoms with Crippen LogP contribution < -0.4 is 4.90 Å². The molecule has 0 aliphatic carbocycles. The number of pyridine rings is 5. The molecule has 0 N–H and O–H groups in total. The van der Waals surface area contributed by atoms with Gasteiger partial charge in [-0.3, -0.25) is 19.9 Å². The van der Waals surface area contributed by atoms with Crippen molar-refractivity contribution in [1.29, 1.82) is 0 Å². The largest absolute Gasteiger partial charge is 0.311 e. The molecule has 0 spiro atoms. The number of fused-ring (bicyclic) bond motifs is 5. The van der Waals surface area contributed by atoms with Gasteiger partial charge in [-0.15, -0.1) is 11.3 Å². The van der Waals surface area contributed by atoms with Crippen LogP contribution in [0.5, 0.6) is 0 Å². The van der Waals surface area contributed by atoms with Crippen LogP contribution in [-0.4, -0.2) is 24.9 Å². The van der Waals surface area contributed by atoms with Crippen molar-refractivity contribution in [2.24, 2.45) is 0 Å². The molecule has 4 aromatic carbocycles. The number of aromatic nitrogens is 5. The summed E-state index contributed by atoms with van der Waals surface area (Å²) in [6, 6.07) is 50.6. The van der Waals surface area contributed by atoms with Crippen LogP contribution >= 0.6 is 11.3 Å². The molecule has 7 heteroatoms. The van der Waals surface area contributed by atoms with Crippen molar-refractivity contribution in [3.8, 4) is 33.8 Å². The number of thiophene rings is 1. The fourth-order valence-corrected chi connectivity index (χ4v) is 7.88. The van der Waals surface area contributed by atoms with E-state index in [1.165, 1.54) is 15.5 Å². The molecule has 0 radical (unpaired) electrons. The lowest BCUT2D eigenvalue weighted by molar-refractivity contribution is 1.27. The summed E-state index contributed by atoms with van der Waals surface area (Å²) in [6.07, 6.45) is 7.40. The average Bonchev–Trinajstić information content (AvgIpc) is 3.59. The monoisotopic (exact) mass is 684 g/mol. The van der Waals surface area contributed by atoms with Gasteiger partial charge < -0.3 is 4.90 Å². The van der Waals surface area contributed by atoms with Crippen LogP contribution in [0.4, 0.5) is 17.1 Å². The Morgan fingerprint density at radius 3 is 1.50 bits per heavy atom. The molecule has 0 saturated heterocycles. The zero-order valence-corrected chi connectivity index (χ0v) is 28.6. The number of rotatable bonds is 6. The Kier molecular flexibility index (Phi) is 7.22. The van der Waals surface area contributed by atoms with Gasteiger partial charge in [-0.25, -0.2) is 4.98 Å². The molecule has 6 nitrogen and oxygen atoms in total. The molecule has 10 aromatic rings. The van der Waals surface area contributed by atoms with E-state index in [1.807, 2.05) is 61.2 Å². The lowest BCUT2D eigenvalue weighted by Crippen LogP contribution is -2.09. The van der Waals surface area contributed by atoms with Gasteiger partial charge in [0.05, 0.1) is 28.1 Å². The first-order valence-corrected chi connectivity index (χ1v) is 17.9. The number of hydrogen-bond donors (Lipinski definition) is 0. The average molecular weight is 685 g/mol. The van der Waals surface area contributed by atoms with Crippen LogP contribution in [0.15, 0.2) is 170 Å². The second-order valence-corrected chi connectivity index (χ2v) is 13.7. The summed E-state index contributed by atoms with van der Waals surface area (Å²) >= 11 is 1.74. The van der Waals surface area contributed by atoms with Crippen molar-refractivity contribution in [2.45, 2.75) is 0 Å². The minimum Gasteiger partial charge on any atom is -0.311 e. The number of benzene rings is 4. The Bertz CT molecular complexity index is 2780. The third kappa shape index (κ3) is 5.41. The first-order valence-electron chi connectivity index (χ1n) is 17.0. The lowest BCUT2D eigenvalue weighted by atomic mass is 10.1. The summed E-state index contributed by atoms with van der Waals surface area (Å²) in [5, 5.41) is 4.50. The van der Waals surface area contributed by atoms with Gasteiger partial charge in [0.25, 0.3) is 0 Å². The molecule has 244 valence electrons. The minimum absolute atomic E-state index is 0.887. The summed E-state index contributed by atoms with van der Waals surface area (Å²) in [7, 11) is 0. The Balaban J connectivity index is 1.02. The molecule has 6 heterocycles. The second kappa shape index (κ2) is 12.5. The van der Waals surface area contributed by atoms with E-state index < -0.39 is 0 Å². The Labute approximate surface area is 303 Å². The molecule has 0 aliphatic rings. The predicted octanol–water partition coefficient (Wildman–Crippen LogP) is 11.8. The van der Waals surface area contributed by atoms with Crippen molar-refractivity contribution < 1.29 is 0 Å². The predicted molar refractivity (Wildman–Crippen MR) is 214 cm³/mol. The quantitative estimate of drug-likeness (QED) is 0.174. The molecular weight excluding hydrogens is 657 g/mol. The normalized spacial score (nSPS) is 11.5. The van der Waals surface area contributed by atoms with Gasteiger partial charge >= 0.3 is 0 Å². The number of nitrogens with zero attached hydrogens (tertiary/aromatic N) is 6. The fraction of sp³-hybridized carbons (Fsp3) is 0. The van der Waals surface area contributed by atoms with Gasteiger partial charge in [-0.1, -0.05) is 54.6 Å². The summed E-state index contributed by atoms with van der Waals surface area (Å²) in [5.74, 6) is 0. The first-order chi connectivity index (χ1) is 25.7. The second-order valence-electron chi connectivity index (χ2n) is 12.7. The Morgan fingerprint density at radius 1 is 0.423 bits per heavy atom. The van der Waals surface area contributed by atoms with E-state index in [0.29, 0.717) is 0 Å². The molecule has 0 unspecified atom stereocenters. The molecule has 0 fully saturated rings. The summed E-state index contributed by atoms with van der Waals surface area (Å²) in [4.78, 5) is 26.9. The van der Waals surface area contributed by atoms with Crippen LogP contribution in [0.3, 0.4) is 0 Å². The minimum atomic E-state index is 0.887. The fourth-order valence-electron chi connectivity index (χ4n) is 6.80.